The molecule has 0 aromatic heterocycles. The highest BCUT2D eigenvalue weighted by Gasteiger charge is 2.10. The van der Waals surface area contributed by atoms with Crippen LogP contribution in [-0.2, 0) is 3.63 Å². The monoisotopic (exact) mass is 216 g/mol. The number of hydrogen-bond acceptors (Lipinski definition) is 5. The first-order valence-corrected chi connectivity index (χ1v) is 5.67. The molecule has 13 heavy (non-hydrogen) atoms. The number of rotatable bonds is 6. The van der Waals surface area contributed by atoms with Crippen LogP contribution in [0.2, 0.25) is 0 Å². The Hall–Kier alpha value is -0.360. The normalized spacial score (nSPS) is 14.2. The first-order chi connectivity index (χ1) is 6.28. The van der Waals surface area contributed by atoms with E-state index in [1.54, 1.807) is 0 Å². The van der Waals surface area contributed by atoms with E-state index in [-0.39, 0.29) is 10.5 Å². The van der Waals surface area contributed by atoms with E-state index in [2.05, 4.69) is 12.1 Å². The Kier molecular flexibility index (Phi) is 8.02. The van der Waals surface area contributed by atoms with Crippen molar-refractivity contribution in [3.63, 3.8) is 0 Å². The van der Waals surface area contributed by atoms with Crippen molar-refractivity contribution >= 4 is 24.1 Å². The molecule has 72 valence electrons. The van der Waals surface area contributed by atoms with Gasteiger partial charge in [0.1, 0.15) is 10.5 Å². The second-order valence-corrected chi connectivity index (χ2v) is 4.38. The average Bonchev–Trinajstić information content (AvgIpc) is 2.19. The maximum atomic E-state index is 8.58. The molecule has 0 aromatic rings. The molecule has 3 nitrogen and oxygen atoms in total. The maximum absolute atomic E-state index is 8.58. The molecular weight excluding hydrogens is 204 g/mol. The number of nitrogens with zero attached hydrogens (tertiary/aromatic N) is 2. The molecule has 0 fully saturated rings. The van der Waals surface area contributed by atoms with Gasteiger partial charge in [-0.2, -0.15) is 10.5 Å². The van der Waals surface area contributed by atoms with E-state index >= 15 is 0 Å². The lowest BCUT2D eigenvalue weighted by Gasteiger charge is -2.06. The second kappa shape index (κ2) is 8.25. The summed E-state index contributed by atoms with van der Waals surface area (Å²) in [7, 11) is 0. The first-order valence-electron chi connectivity index (χ1n) is 4.06. The number of hydrogen-bond donors (Lipinski definition) is 0. The largest absolute Gasteiger partial charge is 0.245 e. The Morgan fingerprint density at radius 2 is 1.46 bits per heavy atom. The van der Waals surface area contributed by atoms with E-state index in [1.807, 2.05) is 13.8 Å². The highest BCUT2D eigenvalue weighted by atomic mass is 32.2. The minimum absolute atomic E-state index is 0.135. The third-order valence-corrected chi connectivity index (χ3v) is 3.31. The standard InChI is InChI=1S/C8H12N2OS2/c1-3-7(5-9)12-11-13-8(4-2)6-10/h7-8H,3-4H2,1-2H3. The van der Waals surface area contributed by atoms with E-state index in [1.165, 1.54) is 0 Å². The Balaban J connectivity index is 3.56. The summed E-state index contributed by atoms with van der Waals surface area (Å²) in [4.78, 5) is 0. The molecule has 0 aliphatic carbocycles. The van der Waals surface area contributed by atoms with Gasteiger partial charge < -0.3 is 0 Å². The first kappa shape index (κ1) is 12.6. The van der Waals surface area contributed by atoms with Crippen LogP contribution in [0.15, 0.2) is 0 Å². The quantitative estimate of drug-likeness (QED) is 0.639. The van der Waals surface area contributed by atoms with Gasteiger partial charge >= 0.3 is 0 Å². The van der Waals surface area contributed by atoms with Gasteiger partial charge in [-0.1, -0.05) is 13.8 Å². The summed E-state index contributed by atoms with van der Waals surface area (Å²) in [6.45, 7) is 3.85. The summed E-state index contributed by atoms with van der Waals surface area (Å²) >= 11 is 2.26. The van der Waals surface area contributed by atoms with Crippen molar-refractivity contribution in [2.75, 3.05) is 0 Å². The van der Waals surface area contributed by atoms with Crippen LogP contribution in [0.1, 0.15) is 26.7 Å². The van der Waals surface area contributed by atoms with E-state index in [9.17, 15) is 0 Å². The summed E-state index contributed by atoms with van der Waals surface area (Å²) in [6.07, 6.45) is 1.51. The predicted octanol–water partition coefficient (Wildman–Crippen LogP) is 2.90. The van der Waals surface area contributed by atoms with Crippen molar-refractivity contribution in [3.8, 4) is 12.1 Å². The zero-order valence-corrected chi connectivity index (χ0v) is 9.32. The lowest BCUT2D eigenvalue weighted by Crippen LogP contribution is -1.98. The van der Waals surface area contributed by atoms with Gasteiger partial charge in [0.2, 0.25) is 0 Å². The van der Waals surface area contributed by atoms with Gasteiger partial charge in [-0.25, -0.2) is 3.63 Å². The van der Waals surface area contributed by atoms with Crippen LogP contribution in [0.25, 0.3) is 0 Å². The highest BCUT2D eigenvalue weighted by molar-refractivity contribution is 8.08. The molecule has 2 unspecified atom stereocenters. The molecule has 0 rings (SSSR count). The highest BCUT2D eigenvalue weighted by Crippen LogP contribution is 2.25. The average molecular weight is 216 g/mol. The fourth-order valence-corrected chi connectivity index (χ4v) is 1.78. The van der Waals surface area contributed by atoms with E-state index < -0.39 is 0 Å². The minimum atomic E-state index is -0.135. The Bertz CT molecular complexity index is 187. The molecule has 0 saturated carbocycles. The van der Waals surface area contributed by atoms with Crippen molar-refractivity contribution in [2.24, 2.45) is 0 Å². The predicted molar refractivity (Wildman–Crippen MR) is 55.7 cm³/mol. The van der Waals surface area contributed by atoms with Gasteiger partial charge in [0, 0.05) is 24.1 Å². The smallest absolute Gasteiger partial charge is 0.119 e. The molecule has 0 heterocycles. The molecule has 5 heteroatoms. The van der Waals surface area contributed by atoms with Gasteiger partial charge in [-0.05, 0) is 12.8 Å². The zero-order chi connectivity index (χ0) is 10.1. The molecule has 2 atom stereocenters. The molecule has 0 spiro atoms. The fourth-order valence-electron chi connectivity index (χ4n) is 0.479. The summed E-state index contributed by atoms with van der Waals surface area (Å²) in [5, 5.41) is 16.9. The third-order valence-electron chi connectivity index (χ3n) is 1.34. The van der Waals surface area contributed by atoms with Crippen LogP contribution in [0.4, 0.5) is 0 Å². The van der Waals surface area contributed by atoms with Crippen LogP contribution in [-0.4, -0.2) is 10.5 Å². The van der Waals surface area contributed by atoms with Crippen LogP contribution in [0.3, 0.4) is 0 Å². The maximum Gasteiger partial charge on any atom is 0.119 e. The van der Waals surface area contributed by atoms with Crippen LogP contribution >= 0.6 is 24.1 Å². The van der Waals surface area contributed by atoms with Gasteiger partial charge in [-0.15, -0.1) is 0 Å². The van der Waals surface area contributed by atoms with Gasteiger partial charge in [0.05, 0.1) is 12.1 Å². The molecule has 0 saturated heterocycles. The molecule has 0 N–H and O–H groups in total. The molecule has 0 amide bonds. The Labute approximate surface area is 87.9 Å². The molecule has 0 aromatic carbocycles. The lowest BCUT2D eigenvalue weighted by atomic mass is 10.4. The van der Waals surface area contributed by atoms with Crippen LogP contribution in [0, 0.1) is 22.7 Å². The van der Waals surface area contributed by atoms with E-state index in [0.717, 1.165) is 36.9 Å². The van der Waals surface area contributed by atoms with Crippen LogP contribution in [0.5, 0.6) is 0 Å². The van der Waals surface area contributed by atoms with Crippen molar-refractivity contribution in [2.45, 2.75) is 37.2 Å². The van der Waals surface area contributed by atoms with Gasteiger partial charge in [-0.3, -0.25) is 0 Å². The lowest BCUT2D eigenvalue weighted by molar-refractivity contribution is 0.731. The SMILES string of the molecule is CCC(C#N)SOSC(C#N)CC. The Morgan fingerprint density at radius 1 is 1.08 bits per heavy atom. The number of nitriles is 2. The topological polar surface area (TPSA) is 56.8 Å². The summed E-state index contributed by atoms with van der Waals surface area (Å²) in [5.41, 5.74) is 0. The van der Waals surface area contributed by atoms with Crippen molar-refractivity contribution in [1.82, 2.24) is 0 Å². The van der Waals surface area contributed by atoms with Crippen molar-refractivity contribution in [1.29, 1.82) is 10.5 Å². The van der Waals surface area contributed by atoms with Gasteiger partial charge in [0.25, 0.3) is 0 Å². The summed E-state index contributed by atoms with van der Waals surface area (Å²) in [6, 6.07) is 4.21. The molecule has 0 aliphatic heterocycles. The minimum Gasteiger partial charge on any atom is -0.245 e. The third kappa shape index (κ3) is 5.81. The molecular formula is C8H12N2OS2. The van der Waals surface area contributed by atoms with Crippen LogP contribution < -0.4 is 0 Å². The molecule has 0 aliphatic rings. The van der Waals surface area contributed by atoms with Crippen molar-refractivity contribution in [3.05, 3.63) is 0 Å². The molecule has 0 bridgehead atoms. The van der Waals surface area contributed by atoms with Crippen molar-refractivity contribution < 1.29 is 3.63 Å². The van der Waals surface area contributed by atoms with Gasteiger partial charge in [0.15, 0.2) is 0 Å². The summed E-state index contributed by atoms with van der Waals surface area (Å²) in [5.74, 6) is 0. The fraction of sp³-hybridized carbons (Fsp3) is 0.750. The second-order valence-electron chi connectivity index (χ2n) is 2.31. The zero-order valence-electron chi connectivity index (χ0n) is 7.69. The molecule has 0 radical (unpaired) electrons. The van der Waals surface area contributed by atoms with E-state index in [4.69, 9.17) is 14.2 Å². The summed E-state index contributed by atoms with van der Waals surface area (Å²) < 4.78 is 5.11. The Morgan fingerprint density at radius 3 is 1.69 bits per heavy atom. The van der Waals surface area contributed by atoms with E-state index in [0.29, 0.717) is 0 Å².